The van der Waals surface area contributed by atoms with Crippen LogP contribution in [0.2, 0.25) is 0 Å². The van der Waals surface area contributed by atoms with Gasteiger partial charge in [-0.1, -0.05) is 19.9 Å². The molecular formula is C15H22ClNO3S. The standard InChI is InChI=1S/C15H22ClNO3S/c1-11-6-7-17(10-12(11)2)21(18,19)15-8-13(9-16)4-5-14(15)20-3/h4-5,8,11-12H,6-7,9-10H2,1-3H3. The number of hydrogen-bond acceptors (Lipinski definition) is 3. The van der Waals surface area contributed by atoms with Gasteiger partial charge in [-0.05, 0) is 36.0 Å². The van der Waals surface area contributed by atoms with Crippen molar-refractivity contribution in [1.82, 2.24) is 4.31 Å². The van der Waals surface area contributed by atoms with Gasteiger partial charge in [0.25, 0.3) is 0 Å². The number of rotatable bonds is 4. The Morgan fingerprint density at radius 3 is 2.62 bits per heavy atom. The highest BCUT2D eigenvalue weighted by molar-refractivity contribution is 7.89. The van der Waals surface area contributed by atoms with Crippen molar-refractivity contribution in [1.29, 1.82) is 0 Å². The molecule has 6 heteroatoms. The molecule has 1 heterocycles. The summed E-state index contributed by atoms with van der Waals surface area (Å²) in [5.41, 5.74) is 0.773. The molecule has 1 fully saturated rings. The van der Waals surface area contributed by atoms with Crippen molar-refractivity contribution >= 4 is 21.6 Å². The largest absolute Gasteiger partial charge is 0.495 e. The van der Waals surface area contributed by atoms with Gasteiger partial charge in [0.2, 0.25) is 10.0 Å². The molecule has 1 aromatic carbocycles. The molecule has 2 rings (SSSR count). The Kier molecular flexibility index (Phi) is 5.17. The first-order chi connectivity index (χ1) is 9.90. The molecule has 0 aromatic heterocycles. The van der Waals surface area contributed by atoms with Crippen LogP contribution in [0.25, 0.3) is 0 Å². The van der Waals surface area contributed by atoms with Gasteiger partial charge in [0.1, 0.15) is 10.6 Å². The third-order valence-electron chi connectivity index (χ3n) is 4.30. The number of benzene rings is 1. The smallest absolute Gasteiger partial charge is 0.246 e. The zero-order valence-electron chi connectivity index (χ0n) is 12.7. The summed E-state index contributed by atoms with van der Waals surface area (Å²) in [6.45, 7) is 5.38. The quantitative estimate of drug-likeness (QED) is 0.796. The molecule has 1 aliphatic rings. The number of sulfonamides is 1. The van der Waals surface area contributed by atoms with Crippen LogP contribution in [0.5, 0.6) is 5.75 Å². The molecule has 0 spiro atoms. The van der Waals surface area contributed by atoms with Gasteiger partial charge in [-0.3, -0.25) is 0 Å². The molecule has 4 nitrogen and oxygen atoms in total. The second kappa shape index (κ2) is 6.55. The molecule has 1 saturated heterocycles. The first kappa shape index (κ1) is 16.6. The van der Waals surface area contributed by atoms with Crippen molar-refractivity contribution in [2.24, 2.45) is 11.8 Å². The Hall–Kier alpha value is -0.780. The maximum atomic E-state index is 12.9. The van der Waals surface area contributed by atoms with Crippen LogP contribution in [0.4, 0.5) is 0 Å². The summed E-state index contributed by atoms with van der Waals surface area (Å²) in [7, 11) is -2.06. The molecule has 1 aliphatic heterocycles. The van der Waals surface area contributed by atoms with Crippen LogP contribution in [0.15, 0.2) is 23.1 Å². The zero-order valence-corrected chi connectivity index (χ0v) is 14.2. The average Bonchev–Trinajstić information content (AvgIpc) is 2.49. The normalized spacial score (nSPS) is 24.0. The highest BCUT2D eigenvalue weighted by atomic mass is 35.5. The van der Waals surface area contributed by atoms with Crippen molar-refractivity contribution in [2.45, 2.75) is 31.0 Å². The van der Waals surface area contributed by atoms with Crippen LogP contribution in [-0.2, 0) is 15.9 Å². The van der Waals surface area contributed by atoms with Gasteiger partial charge in [-0.15, -0.1) is 11.6 Å². The molecule has 0 aliphatic carbocycles. The van der Waals surface area contributed by atoms with Crippen molar-refractivity contribution in [3.8, 4) is 5.75 Å². The highest BCUT2D eigenvalue weighted by Gasteiger charge is 2.33. The first-order valence-corrected chi connectivity index (χ1v) is 9.10. The van der Waals surface area contributed by atoms with E-state index in [1.54, 1.807) is 22.5 Å². The molecular weight excluding hydrogens is 310 g/mol. The van der Waals surface area contributed by atoms with E-state index < -0.39 is 10.0 Å². The lowest BCUT2D eigenvalue weighted by atomic mass is 9.90. The SMILES string of the molecule is COc1ccc(CCl)cc1S(=O)(=O)N1CCC(C)C(C)C1. The third-order valence-corrected chi connectivity index (χ3v) is 6.49. The zero-order chi connectivity index (χ0) is 15.6. The maximum absolute atomic E-state index is 12.9. The van der Waals surface area contributed by atoms with Gasteiger partial charge in [-0.2, -0.15) is 4.31 Å². The monoisotopic (exact) mass is 331 g/mol. The van der Waals surface area contributed by atoms with E-state index in [9.17, 15) is 8.42 Å². The average molecular weight is 332 g/mol. The summed E-state index contributed by atoms with van der Waals surface area (Å²) in [5.74, 6) is 1.55. The van der Waals surface area contributed by atoms with E-state index in [-0.39, 0.29) is 10.8 Å². The summed E-state index contributed by atoms with van der Waals surface area (Å²) in [6, 6.07) is 5.07. The molecule has 1 aromatic rings. The van der Waals surface area contributed by atoms with E-state index in [1.165, 1.54) is 7.11 Å². The van der Waals surface area contributed by atoms with Gasteiger partial charge in [0, 0.05) is 19.0 Å². The van der Waals surface area contributed by atoms with Crippen LogP contribution in [0.3, 0.4) is 0 Å². The molecule has 2 atom stereocenters. The molecule has 0 amide bonds. The molecule has 0 N–H and O–H groups in total. The fourth-order valence-corrected chi connectivity index (χ4v) is 4.52. The first-order valence-electron chi connectivity index (χ1n) is 7.13. The Balaban J connectivity index is 2.39. The molecule has 118 valence electrons. The number of ether oxygens (including phenoxy) is 1. The second-order valence-electron chi connectivity index (χ2n) is 5.73. The third kappa shape index (κ3) is 3.35. The van der Waals surface area contributed by atoms with Crippen LogP contribution in [0, 0.1) is 11.8 Å². The second-order valence-corrected chi connectivity index (χ2v) is 7.90. The molecule has 0 bridgehead atoms. The molecule has 21 heavy (non-hydrogen) atoms. The van der Waals surface area contributed by atoms with E-state index in [0.717, 1.165) is 12.0 Å². The predicted octanol–water partition coefficient (Wildman–Crippen LogP) is 3.10. The fraction of sp³-hybridized carbons (Fsp3) is 0.600. The summed E-state index contributed by atoms with van der Waals surface area (Å²) < 4.78 is 32.6. The summed E-state index contributed by atoms with van der Waals surface area (Å²) >= 11 is 5.82. The molecule has 2 unspecified atom stereocenters. The summed E-state index contributed by atoms with van der Waals surface area (Å²) in [6.07, 6.45) is 0.887. The van der Waals surface area contributed by atoms with Crippen LogP contribution in [0.1, 0.15) is 25.8 Å². The van der Waals surface area contributed by atoms with Crippen LogP contribution in [-0.4, -0.2) is 32.9 Å². The van der Waals surface area contributed by atoms with E-state index in [2.05, 4.69) is 13.8 Å². The number of alkyl halides is 1. The van der Waals surface area contributed by atoms with Crippen LogP contribution >= 0.6 is 11.6 Å². The summed E-state index contributed by atoms with van der Waals surface area (Å²) in [5, 5.41) is 0. The highest BCUT2D eigenvalue weighted by Crippen LogP contribution is 2.32. The Morgan fingerprint density at radius 1 is 1.33 bits per heavy atom. The van der Waals surface area contributed by atoms with Crippen molar-refractivity contribution in [2.75, 3.05) is 20.2 Å². The lowest BCUT2D eigenvalue weighted by Gasteiger charge is -2.34. The molecule has 0 saturated carbocycles. The lowest BCUT2D eigenvalue weighted by molar-refractivity contribution is 0.212. The van der Waals surface area contributed by atoms with E-state index in [1.807, 2.05) is 0 Å². The lowest BCUT2D eigenvalue weighted by Crippen LogP contribution is -2.42. The number of hydrogen-bond donors (Lipinski definition) is 0. The minimum Gasteiger partial charge on any atom is -0.495 e. The van der Waals surface area contributed by atoms with Gasteiger partial charge in [0.15, 0.2) is 0 Å². The predicted molar refractivity (Wildman–Crippen MR) is 84.3 cm³/mol. The molecule has 0 radical (unpaired) electrons. The maximum Gasteiger partial charge on any atom is 0.246 e. The fourth-order valence-electron chi connectivity index (χ4n) is 2.59. The minimum absolute atomic E-state index is 0.213. The number of methoxy groups -OCH3 is 1. The van der Waals surface area contributed by atoms with E-state index in [0.29, 0.717) is 30.7 Å². The van der Waals surface area contributed by atoms with Crippen molar-refractivity contribution < 1.29 is 13.2 Å². The topological polar surface area (TPSA) is 46.6 Å². The van der Waals surface area contributed by atoms with Gasteiger partial charge in [-0.25, -0.2) is 8.42 Å². The van der Waals surface area contributed by atoms with Crippen molar-refractivity contribution in [3.63, 3.8) is 0 Å². The van der Waals surface area contributed by atoms with E-state index >= 15 is 0 Å². The Bertz CT molecular complexity index is 603. The minimum atomic E-state index is -3.54. The van der Waals surface area contributed by atoms with Gasteiger partial charge >= 0.3 is 0 Å². The van der Waals surface area contributed by atoms with E-state index in [4.69, 9.17) is 16.3 Å². The number of halogens is 1. The number of nitrogens with zero attached hydrogens (tertiary/aromatic N) is 1. The van der Waals surface area contributed by atoms with Gasteiger partial charge in [0.05, 0.1) is 7.11 Å². The van der Waals surface area contributed by atoms with Crippen molar-refractivity contribution in [3.05, 3.63) is 23.8 Å². The Labute approximate surface area is 132 Å². The number of piperidine rings is 1. The summed E-state index contributed by atoms with van der Waals surface area (Å²) in [4.78, 5) is 0.213. The van der Waals surface area contributed by atoms with Gasteiger partial charge < -0.3 is 4.74 Å². The van der Waals surface area contributed by atoms with Crippen LogP contribution < -0.4 is 4.74 Å². The Morgan fingerprint density at radius 2 is 2.05 bits per heavy atom.